The maximum atomic E-state index is 12.1. The molecule has 29 heavy (non-hydrogen) atoms. The van der Waals surface area contributed by atoms with E-state index in [2.05, 4.69) is 4.84 Å². The summed E-state index contributed by atoms with van der Waals surface area (Å²) in [6, 6.07) is 4.40. The zero-order valence-corrected chi connectivity index (χ0v) is 16.8. The van der Waals surface area contributed by atoms with Crippen LogP contribution in [-0.2, 0) is 14.4 Å². The minimum atomic E-state index is -0.865. The van der Waals surface area contributed by atoms with E-state index in [1.54, 1.807) is 0 Å². The summed E-state index contributed by atoms with van der Waals surface area (Å²) in [6.45, 7) is 2.10. The van der Waals surface area contributed by atoms with Crippen molar-refractivity contribution >= 4 is 11.9 Å². The first kappa shape index (κ1) is 23.9. The fourth-order valence-electron chi connectivity index (χ4n) is 2.29. The fourth-order valence-corrected chi connectivity index (χ4v) is 2.29. The fraction of sp³-hybridized carbons (Fsp3) is 0.500. The predicted molar refractivity (Wildman–Crippen MR) is 104 cm³/mol. The van der Waals surface area contributed by atoms with Crippen LogP contribution in [0.1, 0.15) is 55.8 Å². The van der Waals surface area contributed by atoms with Crippen molar-refractivity contribution in [2.45, 2.75) is 45.4 Å². The molecule has 0 fully saturated rings. The lowest BCUT2D eigenvalue weighted by atomic mass is 10.2. The van der Waals surface area contributed by atoms with Crippen LogP contribution in [0.25, 0.3) is 0 Å². The standard InChI is InChI=1S/C20H27NO8/c1-3-4-5-6-7-10-19(22)29-17-12-11-16(15-18(17)26-2)20(23)27-13-8-9-14-28-21(24)25/h4-5,11-12,15H,3,6-10,13-14H2,1-2H3/b5-4-. The third-order valence-electron chi connectivity index (χ3n) is 3.75. The summed E-state index contributed by atoms with van der Waals surface area (Å²) >= 11 is 0. The van der Waals surface area contributed by atoms with Crippen molar-refractivity contribution < 1.29 is 33.7 Å². The number of esters is 2. The van der Waals surface area contributed by atoms with Crippen molar-refractivity contribution in [3.8, 4) is 11.5 Å². The van der Waals surface area contributed by atoms with E-state index in [-0.39, 0.29) is 42.7 Å². The Kier molecular flexibility index (Phi) is 11.5. The van der Waals surface area contributed by atoms with Crippen molar-refractivity contribution in [1.29, 1.82) is 0 Å². The van der Waals surface area contributed by atoms with Crippen LogP contribution in [0.3, 0.4) is 0 Å². The molecular weight excluding hydrogens is 382 g/mol. The Morgan fingerprint density at radius 2 is 1.86 bits per heavy atom. The Hall–Kier alpha value is -3.10. The molecule has 0 N–H and O–H groups in total. The van der Waals surface area contributed by atoms with Crippen LogP contribution >= 0.6 is 0 Å². The molecule has 0 aliphatic heterocycles. The molecule has 0 aliphatic carbocycles. The van der Waals surface area contributed by atoms with Crippen LogP contribution in [0.5, 0.6) is 11.5 Å². The molecule has 0 atom stereocenters. The number of hydrogen-bond acceptors (Lipinski definition) is 8. The molecule has 0 spiro atoms. The van der Waals surface area contributed by atoms with Crippen molar-refractivity contribution in [1.82, 2.24) is 0 Å². The van der Waals surface area contributed by atoms with E-state index in [1.165, 1.54) is 25.3 Å². The van der Waals surface area contributed by atoms with E-state index < -0.39 is 11.1 Å². The summed E-state index contributed by atoms with van der Waals surface area (Å²) in [6.07, 6.45) is 7.64. The molecule has 1 aromatic rings. The van der Waals surface area contributed by atoms with Crippen molar-refractivity contribution in [2.24, 2.45) is 0 Å². The highest BCUT2D eigenvalue weighted by atomic mass is 16.9. The number of carbonyl (C=O) groups excluding carboxylic acids is 2. The second-order valence-corrected chi connectivity index (χ2v) is 6.01. The van der Waals surface area contributed by atoms with Gasteiger partial charge >= 0.3 is 11.9 Å². The lowest BCUT2D eigenvalue weighted by Gasteiger charge is -2.11. The average Bonchev–Trinajstić information content (AvgIpc) is 2.70. The van der Waals surface area contributed by atoms with Crippen molar-refractivity contribution in [3.05, 3.63) is 46.0 Å². The van der Waals surface area contributed by atoms with Crippen LogP contribution in [0, 0.1) is 10.1 Å². The minimum Gasteiger partial charge on any atom is -0.493 e. The number of benzene rings is 1. The summed E-state index contributed by atoms with van der Waals surface area (Å²) in [5, 5.41) is 9.16. The Morgan fingerprint density at radius 3 is 2.55 bits per heavy atom. The number of rotatable bonds is 14. The number of nitrogens with zero attached hydrogens (tertiary/aromatic N) is 1. The lowest BCUT2D eigenvalue weighted by Crippen LogP contribution is -2.10. The number of allylic oxidation sites excluding steroid dienone is 2. The van der Waals surface area contributed by atoms with E-state index in [4.69, 9.17) is 14.2 Å². The van der Waals surface area contributed by atoms with E-state index in [0.29, 0.717) is 19.3 Å². The molecule has 9 nitrogen and oxygen atoms in total. The molecule has 1 aromatic carbocycles. The molecule has 9 heteroatoms. The number of unbranched alkanes of at least 4 members (excludes halogenated alkanes) is 2. The van der Waals surface area contributed by atoms with Crippen LogP contribution in [0.4, 0.5) is 0 Å². The highest BCUT2D eigenvalue weighted by molar-refractivity contribution is 5.90. The van der Waals surface area contributed by atoms with Crippen LogP contribution in [-0.4, -0.2) is 37.3 Å². The van der Waals surface area contributed by atoms with Gasteiger partial charge < -0.3 is 19.0 Å². The summed E-state index contributed by atoms with van der Waals surface area (Å²) in [5.74, 6) is -0.465. The normalized spacial score (nSPS) is 10.6. The molecule has 0 saturated carbocycles. The van der Waals surface area contributed by atoms with Gasteiger partial charge in [0.15, 0.2) is 11.5 Å². The van der Waals surface area contributed by atoms with Gasteiger partial charge in [-0.15, -0.1) is 10.1 Å². The summed E-state index contributed by atoms with van der Waals surface area (Å²) in [7, 11) is 1.41. The average molecular weight is 409 g/mol. The molecular formula is C20H27NO8. The third kappa shape index (κ3) is 10.1. The summed E-state index contributed by atoms with van der Waals surface area (Å²) < 4.78 is 15.6. The third-order valence-corrected chi connectivity index (χ3v) is 3.75. The quantitative estimate of drug-likeness (QED) is 0.114. The zero-order chi connectivity index (χ0) is 21.5. The highest BCUT2D eigenvalue weighted by Crippen LogP contribution is 2.29. The van der Waals surface area contributed by atoms with Gasteiger partial charge in [-0.1, -0.05) is 19.1 Å². The molecule has 1 rings (SSSR count). The molecule has 160 valence electrons. The second kappa shape index (κ2) is 14.0. The highest BCUT2D eigenvalue weighted by Gasteiger charge is 2.14. The number of carbonyl (C=O) groups is 2. The van der Waals surface area contributed by atoms with Gasteiger partial charge in [-0.25, -0.2) is 4.79 Å². The largest absolute Gasteiger partial charge is 0.493 e. The van der Waals surface area contributed by atoms with Gasteiger partial charge in [0, 0.05) is 6.42 Å². The molecule has 0 unspecified atom stereocenters. The Morgan fingerprint density at radius 1 is 1.10 bits per heavy atom. The van der Waals surface area contributed by atoms with Gasteiger partial charge in [0.2, 0.25) is 0 Å². The lowest BCUT2D eigenvalue weighted by molar-refractivity contribution is -0.757. The topological polar surface area (TPSA) is 114 Å². The van der Waals surface area contributed by atoms with Gasteiger partial charge in [0.05, 0.1) is 25.9 Å². The van der Waals surface area contributed by atoms with Gasteiger partial charge in [0.1, 0.15) is 0 Å². The number of methoxy groups -OCH3 is 1. The van der Waals surface area contributed by atoms with Crippen LogP contribution < -0.4 is 9.47 Å². The summed E-state index contributed by atoms with van der Waals surface area (Å²) in [4.78, 5) is 38.2. The molecule has 0 saturated heterocycles. The second-order valence-electron chi connectivity index (χ2n) is 6.01. The van der Waals surface area contributed by atoms with Crippen LogP contribution in [0.2, 0.25) is 0 Å². The molecule has 0 radical (unpaired) electrons. The van der Waals surface area contributed by atoms with E-state index >= 15 is 0 Å². The summed E-state index contributed by atoms with van der Waals surface area (Å²) in [5.41, 5.74) is 0.243. The molecule has 0 bridgehead atoms. The monoisotopic (exact) mass is 409 g/mol. The molecule has 0 aromatic heterocycles. The smallest absolute Gasteiger partial charge is 0.338 e. The molecule has 0 heterocycles. The van der Waals surface area contributed by atoms with Gasteiger partial charge in [-0.05, 0) is 50.3 Å². The Bertz CT molecular complexity index is 702. The van der Waals surface area contributed by atoms with E-state index in [9.17, 15) is 19.7 Å². The van der Waals surface area contributed by atoms with Gasteiger partial charge in [-0.3, -0.25) is 4.79 Å². The maximum Gasteiger partial charge on any atom is 0.338 e. The number of ether oxygens (including phenoxy) is 3. The van der Waals surface area contributed by atoms with Crippen molar-refractivity contribution in [3.63, 3.8) is 0 Å². The Labute approximate surface area is 169 Å². The minimum absolute atomic E-state index is 0.0483. The predicted octanol–water partition coefficient (Wildman–Crippen LogP) is 3.88. The van der Waals surface area contributed by atoms with Gasteiger partial charge in [0.25, 0.3) is 5.09 Å². The number of hydrogen-bond donors (Lipinski definition) is 0. The van der Waals surface area contributed by atoms with E-state index in [0.717, 1.165) is 12.8 Å². The van der Waals surface area contributed by atoms with E-state index in [1.807, 2.05) is 19.1 Å². The first-order chi connectivity index (χ1) is 14.0. The Balaban J connectivity index is 2.49. The zero-order valence-electron chi connectivity index (χ0n) is 16.8. The molecule has 0 amide bonds. The maximum absolute atomic E-state index is 12.1. The first-order valence-electron chi connectivity index (χ1n) is 9.46. The van der Waals surface area contributed by atoms with Crippen molar-refractivity contribution in [2.75, 3.05) is 20.3 Å². The van der Waals surface area contributed by atoms with Gasteiger partial charge in [-0.2, -0.15) is 0 Å². The first-order valence-corrected chi connectivity index (χ1v) is 9.46. The molecule has 0 aliphatic rings. The van der Waals surface area contributed by atoms with Crippen LogP contribution in [0.15, 0.2) is 30.4 Å². The SMILES string of the molecule is CC/C=C\CCCC(=O)Oc1ccc(C(=O)OCCCCO[N+](=O)[O-])cc1OC.